The minimum Gasteiger partial charge on any atom is -0.294 e. The molecular formula is C29H21FN2O3S. The van der Waals surface area contributed by atoms with Gasteiger partial charge in [-0.15, -0.1) is 0 Å². The van der Waals surface area contributed by atoms with Crippen molar-refractivity contribution in [2.75, 3.05) is 6.26 Å². The van der Waals surface area contributed by atoms with Crippen molar-refractivity contribution in [1.29, 1.82) is 0 Å². The summed E-state index contributed by atoms with van der Waals surface area (Å²) in [6.07, 6.45) is 4.51. The Morgan fingerprint density at radius 1 is 0.861 bits per heavy atom. The Labute approximate surface area is 209 Å². The van der Waals surface area contributed by atoms with Crippen LogP contribution in [0.1, 0.15) is 37.4 Å². The molecule has 1 atom stereocenters. The van der Waals surface area contributed by atoms with Crippen molar-refractivity contribution in [2.24, 2.45) is 4.36 Å². The van der Waals surface area contributed by atoms with E-state index in [1.807, 2.05) is 12.1 Å². The van der Waals surface area contributed by atoms with E-state index in [0.29, 0.717) is 16.0 Å². The van der Waals surface area contributed by atoms with Crippen LogP contribution in [-0.4, -0.2) is 27.1 Å². The number of pyridine rings is 1. The first-order chi connectivity index (χ1) is 17.3. The van der Waals surface area contributed by atoms with Crippen molar-refractivity contribution < 1.29 is 18.2 Å². The lowest BCUT2D eigenvalue weighted by atomic mass is 10.0. The van der Waals surface area contributed by atoms with E-state index in [4.69, 9.17) is 0 Å². The van der Waals surface area contributed by atoms with Crippen LogP contribution in [0.5, 0.6) is 0 Å². The SMILES string of the molecule is CS(=O)(=NC(=O)c1cncc(C#Cc2ccc(CC(=O)c3ccc(F)cc3)cc2)c1)c1ccccc1. The number of carbonyl (C=O) groups is 2. The average Bonchev–Trinajstić information content (AvgIpc) is 2.89. The van der Waals surface area contributed by atoms with Crippen LogP contribution in [0.4, 0.5) is 4.39 Å². The summed E-state index contributed by atoms with van der Waals surface area (Å²) in [6.45, 7) is 0. The highest BCUT2D eigenvalue weighted by molar-refractivity contribution is 7.93. The van der Waals surface area contributed by atoms with Crippen molar-refractivity contribution in [3.8, 4) is 11.8 Å². The second-order valence-electron chi connectivity index (χ2n) is 8.03. The first kappa shape index (κ1) is 24.7. The maximum Gasteiger partial charge on any atom is 0.286 e. The largest absolute Gasteiger partial charge is 0.294 e. The Kier molecular flexibility index (Phi) is 7.47. The van der Waals surface area contributed by atoms with Gasteiger partial charge in [-0.25, -0.2) is 8.60 Å². The third-order valence-corrected chi connectivity index (χ3v) is 6.92. The van der Waals surface area contributed by atoms with E-state index >= 15 is 0 Å². The number of Topliss-reactive ketones (excluding diaryl/α,β-unsaturated/α-hetero) is 1. The van der Waals surface area contributed by atoms with Gasteiger partial charge in [0.15, 0.2) is 5.78 Å². The molecule has 0 aliphatic rings. The fourth-order valence-electron chi connectivity index (χ4n) is 3.34. The molecule has 4 rings (SSSR count). The lowest BCUT2D eigenvalue weighted by Crippen LogP contribution is -2.04. The fraction of sp³-hybridized carbons (Fsp3) is 0.0690. The molecule has 0 bridgehead atoms. The molecule has 0 radical (unpaired) electrons. The van der Waals surface area contributed by atoms with Gasteiger partial charge in [0.1, 0.15) is 5.82 Å². The first-order valence-corrected chi connectivity index (χ1v) is 12.9. The minimum absolute atomic E-state index is 0.102. The van der Waals surface area contributed by atoms with Crippen LogP contribution in [0.25, 0.3) is 0 Å². The highest BCUT2D eigenvalue weighted by Gasteiger charge is 2.12. The summed E-state index contributed by atoms with van der Waals surface area (Å²) < 4.78 is 29.9. The summed E-state index contributed by atoms with van der Waals surface area (Å²) in [7, 11) is -2.89. The predicted molar refractivity (Wildman–Crippen MR) is 137 cm³/mol. The lowest BCUT2D eigenvalue weighted by Gasteiger charge is -2.03. The van der Waals surface area contributed by atoms with Gasteiger partial charge in [0.05, 0.1) is 15.3 Å². The number of hydrogen-bond donors (Lipinski definition) is 0. The lowest BCUT2D eigenvalue weighted by molar-refractivity contribution is 0.0988. The number of halogens is 1. The first-order valence-electron chi connectivity index (χ1n) is 11.0. The Balaban J connectivity index is 1.46. The molecule has 4 aromatic rings. The van der Waals surface area contributed by atoms with Gasteiger partial charge in [0.25, 0.3) is 5.91 Å². The summed E-state index contributed by atoms with van der Waals surface area (Å²) in [6, 6.07) is 22.9. The van der Waals surface area contributed by atoms with Gasteiger partial charge < -0.3 is 0 Å². The monoisotopic (exact) mass is 496 g/mol. The van der Waals surface area contributed by atoms with Crippen LogP contribution in [0.15, 0.2) is 107 Å². The summed E-state index contributed by atoms with van der Waals surface area (Å²) in [5.41, 5.74) is 2.69. The molecular weight excluding hydrogens is 475 g/mol. The van der Waals surface area contributed by atoms with Gasteiger partial charge in [-0.3, -0.25) is 14.6 Å². The van der Waals surface area contributed by atoms with E-state index in [1.165, 1.54) is 42.9 Å². The number of carbonyl (C=O) groups excluding carboxylic acids is 2. The molecule has 7 heteroatoms. The molecule has 1 aromatic heterocycles. The third kappa shape index (κ3) is 6.38. The maximum absolute atomic E-state index is 13.0. The average molecular weight is 497 g/mol. The molecule has 0 aliphatic carbocycles. The van der Waals surface area contributed by atoms with E-state index in [2.05, 4.69) is 21.2 Å². The van der Waals surface area contributed by atoms with Crippen molar-refractivity contribution in [3.05, 3.63) is 131 Å². The van der Waals surface area contributed by atoms with Gasteiger partial charge in [-0.2, -0.15) is 4.36 Å². The molecule has 0 saturated carbocycles. The second kappa shape index (κ2) is 10.9. The molecule has 0 N–H and O–H groups in total. The summed E-state index contributed by atoms with van der Waals surface area (Å²) in [5.74, 6) is 4.85. The number of aromatic nitrogens is 1. The molecule has 0 fully saturated rings. The zero-order valence-corrected chi connectivity index (χ0v) is 20.2. The van der Waals surface area contributed by atoms with Crippen LogP contribution in [0, 0.1) is 17.7 Å². The van der Waals surface area contributed by atoms with E-state index < -0.39 is 15.6 Å². The van der Waals surface area contributed by atoms with Crippen LogP contribution in [-0.2, 0) is 16.1 Å². The van der Waals surface area contributed by atoms with E-state index in [0.717, 1.165) is 11.1 Å². The predicted octanol–water partition coefficient (Wildman–Crippen LogP) is 5.34. The van der Waals surface area contributed by atoms with Crippen molar-refractivity contribution in [3.63, 3.8) is 0 Å². The Morgan fingerprint density at radius 2 is 1.53 bits per heavy atom. The van der Waals surface area contributed by atoms with Crippen molar-refractivity contribution in [2.45, 2.75) is 11.3 Å². The summed E-state index contributed by atoms with van der Waals surface area (Å²) >= 11 is 0. The van der Waals surface area contributed by atoms with Crippen LogP contribution in [0.3, 0.4) is 0 Å². The van der Waals surface area contributed by atoms with Gasteiger partial charge in [0, 0.05) is 46.7 Å². The molecule has 1 heterocycles. The quantitative estimate of drug-likeness (QED) is 0.276. The van der Waals surface area contributed by atoms with Gasteiger partial charge in [-0.05, 0) is 60.2 Å². The minimum atomic E-state index is -2.89. The highest BCUT2D eigenvalue weighted by Crippen LogP contribution is 2.14. The number of ketones is 1. The number of amides is 1. The van der Waals surface area contributed by atoms with Gasteiger partial charge in [-0.1, -0.05) is 42.2 Å². The molecule has 5 nitrogen and oxygen atoms in total. The Hall–Kier alpha value is -4.41. The Bertz CT molecular complexity index is 1590. The number of rotatable bonds is 5. The van der Waals surface area contributed by atoms with E-state index in [-0.39, 0.29) is 23.6 Å². The number of hydrogen-bond acceptors (Lipinski definition) is 4. The number of nitrogens with zero attached hydrogens (tertiary/aromatic N) is 2. The third-order valence-electron chi connectivity index (χ3n) is 5.26. The van der Waals surface area contributed by atoms with Crippen molar-refractivity contribution in [1.82, 2.24) is 4.98 Å². The van der Waals surface area contributed by atoms with Crippen LogP contribution in [0.2, 0.25) is 0 Å². The maximum atomic E-state index is 13.0. The van der Waals surface area contributed by atoms with E-state index in [9.17, 15) is 18.2 Å². The zero-order valence-electron chi connectivity index (χ0n) is 19.4. The van der Waals surface area contributed by atoms with Crippen molar-refractivity contribution >= 4 is 21.4 Å². The zero-order chi connectivity index (χ0) is 25.5. The number of benzene rings is 3. The topological polar surface area (TPSA) is 76.5 Å². The fourth-order valence-corrected chi connectivity index (χ4v) is 4.52. The molecule has 3 aromatic carbocycles. The molecule has 1 unspecified atom stereocenters. The Morgan fingerprint density at radius 3 is 2.22 bits per heavy atom. The van der Waals surface area contributed by atoms with Gasteiger partial charge in [0.2, 0.25) is 0 Å². The molecule has 36 heavy (non-hydrogen) atoms. The summed E-state index contributed by atoms with van der Waals surface area (Å²) in [5, 5.41) is 0. The second-order valence-corrected chi connectivity index (χ2v) is 10.3. The highest BCUT2D eigenvalue weighted by atomic mass is 32.2. The standard InChI is InChI=1S/C29H21FN2O3S/c1-36(35,27-5-3-2-4-6-27)32-29(34)25-17-23(19-31-20-25)12-9-21-7-10-22(11-8-21)18-28(33)24-13-15-26(30)16-14-24/h2-8,10-11,13-17,19-20H,18H2,1H3. The van der Waals surface area contributed by atoms with Crippen LogP contribution < -0.4 is 0 Å². The smallest absolute Gasteiger partial charge is 0.286 e. The van der Waals surface area contributed by atoms with Gasteiger partial charge >= 0.3 is 0 Å². The summed E-state index contributed by atoms with van der Waals surface area (Å²) in [4.78, 5) is 29.5. The normalized spacial score (nSPS) is 12.1. The van der Waals surface area contributed by atoms with Crippen LogP contribution >= 0.6 is 0 Å². The molecule has 0 saturated heterocycles. The molecule has 0 aliphatic heterocycles. The molecule has 178 valence electrons. The van der Waals surface area contributed by atoms with E-state index in [1.54, 1.807) is 48.5 Å². The molecule has 0 spiro atoms. The molecule has 1 amide bonds.